The van der Waals surface area contributed by atoms with Gasteiger partial charge in [0.1, 0.15) is 5.60 Å². The highest BCUT2D eigenvalue weighted by Crippen LogP contribution is 2.56. The Kier molecular flexibility index (Phi) is 3.13. The lowest BCUT2D eigenvalue weighted by Gasteiger charge is -2.39. The summed E-state index contributed by atoms with van der Waals surface area (Å²) in [6.45, 7) is 4.26. The third kappa shape index (κ3) is 2.04. The number of morpholine rings is 1. The number of Topliss-reactive ketones (excluding diaryl/α,β-unsaturated/α-hetero) is 1. The molecule has 3 atom stereocenters. The van der Waals surface area contributed by atoms with Gasteiger partial charge >= 0.3 is 0 Å². The quantitative estimate of drug-likeness (QED) is 0.733. The van der Waals surface area contributed by atoms with Crippen LogP contribution in [0.25, 0.3) is 0 Å². The van der Waals surface area contributed by atoms with Gasteiger partial charge in [-0.25, -0.2) is 0 Å². The molecule has 5 rings (SSSR count). The molecule has 5 aliphatic rings. The molecule has 23 heavy (non-hydrogen) atoms. The Morgan fingerprint density at radius 3 is 2.96 bits per heavy atom. The smallest absolute Gasteiger partial charge is 0.162 e. The van der Waals surface area contributed by atoms with Crippen LogP contribution >= 0.6 is 0 Å². The van der Waals surface area contributed by atoms with Crippen LogP contribution in [0.4, 0.5) is 0 Å². The average Bonchev–Trinajstić information content (AvgIpc) is 3.20. The van der Waals surface area contributed by atoms with E-state index in [0.29, 0.717) is 18.1 Å². The molecule has 3 aliphatic heterocycles. The van der Waals surface area contributed by atoms with Gasteiger partial charge in [-0.1, -0.05) is 11.6 Å². The number of hydrogen-bond donors (Lipinski definition) is 0. The molecule has 1 saturated carbocycles. The molecular weight excluding hydrogens is 290 g/mol. The first-order valence-electron chi connectivity index (χ1n) is 9.17. The van der Waals surface area contributed by atoms with Crippen molar-refractivity contribution in [3.63, 3.8) is 0 Å². The Hall–Kier alpha value is -0.970. The van der Waals surface area contributed by atoms with Crippen LogP contribution in [-0.4, -0.2) is 54.7 Å². The van der Waals surface area contributed by atoms with E-state index in [-0.39, 0.29) is 5.60 Å². The molecule has 3 heterocycles. The molecule has 0 aromatic heterocycles. The lowest BCUT2D eigenvalue weighted by Crippen LogP contribution is -2.50. The van der Waals surface area contributed by atoms with Gasteiger partial charge in [0.15, 0.2) is 5.78 Å². The van der Waals surface area contributed by atoms with Crippen molar-refractivity contribution in [1.29, 1.82) is 0 Å². The first-order valence-corrected chi connectivity index (χ1v) is 9.17. The predicted molar refractivity (Wildman–Crippen MR) is 86.2 cm³/mol. The van der Waals surface area contributed by atoms with E-state index < -0.39 is 5.60 Å². The van der Waals surface area contributed by atoms with E-state index in [1.54, 1.807) is 0 Å². The Balaban J connectivity index is 1.55. The second kappa shape index (κ2) is 5.01. The molecule has 2 bridgehead atoms. The molecule has 0 radical (unpaired) electrons. The van der Waals surface area contributed by atoms with Gasteiger partial charge in [0.2, 0.25) is 0 Å². The Bertz CT molecular complexity index is 604. The molecule has 124 valence electrons. The van der Waals surface area contributed by atoms with Gasteiger partial charge in [0.25, 0.3) is 0 Å². The van der Waals surface area contributed by atoms with Crippen molar-refractivity contribution in [2.45, 2.75) is 49.7 Å². The van der Waals surface area contributed by atoms with E-state index in [4.69, 9.17) is 9.47 Å². The zero-order valence-electron chi connectivity index (χ0n) is 13.7. The Morgan fingerprint density at radius 1 is 1.22 bits per heavy atom. The zero-order chi connectivity index (χ0) is 15.5. The SMILES string of the molecule is O=C1CCC2=C1[C@@]1(CN3CCOCC3)C=C[C@]3(CCCC3C2)O1. The largest absolute Gasteiger partial charge is 0.379 e. The van der Waals surface area contributed by atoms with Gasteiger partial charge in [-0.2, -0.15) is 0 Å². The van der Waals surface area contributed by atoms with Gasteiger partial charge in [0, 0.05) is 31.6 Å². The molecular formula is C19H25NO3. The van der Waals surface area contributed by atoms with Crippen molar-refractivity contribution in [2.75, 3.05) is 32.8 Å². The first kappa shape index (κ1) is 14.4. The number of allylic oxidation sites excluding steroid dienone is 1. The van der Waals surface area contributed by atoms with Crippen molar-refractivity contribution in [2.24, 2.45) is 5.92 Å². The number of fused-ring (bicyclic) bond motifs is 2. The summed E-state index contributed by atoms with van der Waals surface area (Å²) in [5, 5.41) is 0. The Morgan fingerprint density at radius 2 is 2.09 bits per heavy atom. The summed E-state index contributed by atoms with van der Waals surface area (Å²) in [4.78, 5) is 15.1. The molecule has 0 amide bonds. The van der Waals surface area contributed by atoms with Gasteiger partial charge in [-0.3, -0.25) is 9.69 Å². The fourth-order valence-corrected chi connectivity index (χ4v) is 5.52. The molecule has 4 nitrogen and oxygen atoms in total. The van der Waals surface area contributed by atoms with Crippen LogP contribution in [0.2, 0.25) is 0 Å². The van der Waals surface area contributed by atoms with E-state index in [1.807, 2.05) is 0 Å². The minimum Gasteiger partial charge on any atom is -0.379 e. The number of carbonyl (C=O) groups is 1. The summed E-state index contributed by atoms with van der Waals surface area (Å²) in [5.74, 6) is 0.902. The van der Waals surface area contributed by atoms with E-state index >= 15 is 0 Å². The lowest BCUT2D eigenvalue weighted by atomic mass is 9.81. The summed E-state index contributed by atoms with van der Waals surface area (Å²) < 4.78 is 12.3. The zero-order valence-corrected chi connectivity index (χ0v) is 13.7. The van der Waals surface area contributed by atoms with E-state index in [9.17, 15) is 4.79 Å². The maximum atomic E-state index is 12.7. The normalized spacial score (nSPS) is 43.0. The summed E-state index contributed by atoms with van der Waals surface area (Å²) in [6.07, 6.45) is 10.9. The fraction of sp³-hybridized carbons (Fsp3) is 0.737. The van der Waals surface area contributed by atoms with Crippen LogP contribution in [0.15, 0.2) is 23.3 Å². The second-order valence-electron chi connectivity index (χ2n) is 7.86. The van der Waals surface area contributed by atoms with Crippen LogP contribution in [0.1, 0.15) is 38.5 Å². The number of ketones is 1. The summed E-state index contributed by atoms with van der Waals surface area (Å²) in [5.41, 5.74) is 1.84. The van der Waals surface area contributed by atoms with Gasteiger partial charge in [0.05, 0.1) is 18.8 Å². The molecule has 2 aliphatic carbocycles. The number of carbonyl (C=O) groups excluding carboxylic acids is 1. The van der Waals surface area contributed by atoms with Crippen LogP contribution < -0.4 is 0 Å². The minimum absolute atomic E-state index is 0.100. The van der Waals surface area contributed by atoms with E-state index in [0.717, 1.165) is 57.7 Å². The molecule has 1 saturated heterocycles. The number of ether oxygens (including phenoxy) is 2. The van der Waals surface area contributed by atoms with E-state index in [2.05, 4.69) is 17.1 Å². The molecule has 0 N–H and O–H groups in total. The summed E-state index contributed by atoms with van der Waals surface area (Å²) in [6, 6.07) is 0. The van der Waals surface area contributed by atoms with Crippen molar-refractivity contribution in [3.8, 4) is 0 Å². The lowest BCUT2D eigenvalue weighted by molar-refractivity contribution is -0.124. The first-order chi connectivity index (χ1) is 11.2. The minimum atomic E-state index is -0.487. The monoisotopic (exact) mass is 315 g/mol. The van der Waals surface area contributed by atoms with Crippen molar-refractivity contribution < 1.29 is 14.3 Å². The molecule has 2 fully saturated rings. The number of rotatable bonds is 2. The third-order valence-corrected chi connectivity index (χ3v) is 6.58. The fourth-order valence-electron chi connectivity index (χ4n) is 5.52. The molecule has 1 spiro atoms. The summed E-state index contributed by atoms with van der Waals surface area (Å²) >= 11 is 0. The van der Waals surface area contributed by atoms with Gasteiger partial charge in [-0.05, 0) is 44.1 Å². The maximum Gasteiger partial charge on any atom is 0.162 e. The molecule has 4 heteroatoms. The standard InChI is InChI=1S/C19H25NO3/c21-16-4-3-14-12-15-2-1-5-18(15)6-7-19(23-18,17(14)16)13-20-8-10-22-11-9-20/h6-7,15H,1-5,8-13H2/t15?,18-,19-/m0/s1. The Labute approximate surface area is 137 Å². The van der Waals surface area contributed by atoms with Crippen LogP contribution in [-0.2, 0) is 14.3 Å². The van der Waals surface area contributed by atoms with Crippen molar-refractivity contribution >= 4 is 5.78 Å². The van der Waals surface area contributed by atoms with Crippen LogP contribution in [0, 0.1) is 5.92 Å². The van der Waals surface area contributed by atoms with E-state index in [1.165, 1.54) is 18.4 Å². The highest BCUT2D eigenvalue weighted by Gasteiger charge is 2.57. The molecule has 0 aromatic rings. The topological polar surface area (TPSA) is 38.8 Å². The second-order valence-corrected chi connectivity index (χ2v) is 7.86. The van der Waals surface area contributed by atoms with Crippen LogP contribution in [0.3, 0.4) is 0 Å². The third-order valence-electron chi connectivity index (χ3n) is 6.58. The average molecular weight is 315 g/mol. The van der Waals surface area contributed by atoms with Gasteiger partial charge in [-0.15, -0.1) is 0 Å². The number of nitrogens with zero attached hydrogens (tertiary/aromatic N) is 1. The van der Waals surface area contributed by atoms with Crippen molar-refractivity contribution in [3.05, 3.63) is 23.3 Å². The highest BCUT2D eigenvalue weighted by atomic mass is 16.5. The van der Waals surface area contributed by atoms with Crippen LogP contribution in [0.5, 0.6) is 0 Å². The highest BCUT2D eigenvalue weighted by molar-refractivity contribution is 6.01. The molecule has 1 unspecified atom stereocenters. The summed E-state index contributed by atoms with van der Waals surface area (Å²) in [7, 11) is 0. The van der Waals surface area contributed by atoms with Gasteiger partial charge < -0.3 is 9.47 Å². The maximum absolute atomic E-state index is 12.7. The number of hydrogen-bond acceptors (Lipinski definition) is 4. The van der Waals surface area contributed by atoms with Crippen molar-refractivity contribution in [1.82, 2.24) is 4.90 Å². The predicted octanol–water partition coefficient (Wildman–Crippen LogP) is 2.25. The molecule has 0 aromatic carbocycles.